The van der Waals surface area contributed by atoms with Crippen molar-refractivity contribution in [3.63, 3.8) is 0 Å². The number of halogens is 1. The highest BCUT2D eigenvalue weighted by atomic mass is 35.5. The minimum absolute atomic E-state index is 0.109. The number of alkyl carbamates (subject to hydrolysis) is 1. The molecule has 0 heterocycles. The number of nitrogens with two attached hydrogens (primary N) is 1. The number of terminal acetylenes is 1. The van der Waals surface area contributed by atoms with Gasteiger partial charge in [-0.1, -0.05) is 49.7 Å². The molecule has 0 fully saturated rings. The van der Waals surface area contributed by atoms with Crippen molar-refractivity contribution in [2.24, 2.45) is 5.73 Å². The van der Waals surface area contributed by atoms with E-state index in [1.165, 1.54) is 6.08 Å². The summed E-state index contributed by atoms with van der Waals surface area (Å²) in [4.78, 5) is 11.6. The standard InChI is InChI=1S/C18H26ClN3O3.C2H6.C2H2/c1-18(2,3)25-17(23)22-12-14-6-4-13(5-7-14)8-9-24-15(11-20)10-16(19)21;2*1-2/h4-7,10,21H,8-9,11-12,20H2,1-3H3,(H,22,23);1-2H3;1-2H/b15-10+,21-16?;;. The third kappa shape index (κ3) is 16.2. The lowest BCUT2D eigenvalue weighted by atomic mass is 10.1. The van der Waals surface area contributed by atoms with E-state index in [0.29, 0.717) is 25.3 Å². The van der Waals surface area contributed by atoms with Crippen molar-refractivity contribution in [2.45, 2.75) is 53.2 Å². The lowest BCUT2D eigenvalue weighted by molar-refractivity contribution is 0.0523. The van der Waals surface area contributed by atoms with Crippen LogP contribution >= 0.6 is 11.6 Å². The smallest absolute Gasteiger partial charge is 0.407 e. The third-order valence-electron chi connectivity index (χ3n) is 3.03. The van der Waals surface area contributed by atoms with E-state index >= 15 is 0 Å². The maximum Gasteiger partial charge on any atom is 0.407 e. The topological polar surface area (TPSA) is 97.4 Å². The van der Waals surface area contributed by atoms with E-state index < -0.39 is 11.7 Å². The molecule has 7 heteroatoms. The van der Waals surface area contributed by atoms with Crippen molar-refractivity contribution >= 4 is 22.9 Å². The minimum atomic E-state index is -0.507. The SMILES string of the molecule is C#C.CC.CC(C)(C)OC(=O)NCc1ccc(CCO/C(=C/C(=N)Cl)CN)cc1. The van der Waals surface area contributed by atoms with Crippen LogP contribution in [0.1, 0.15) is 45.7 Å². The monoisotopic (exact) mass is 423 g/mol. The molecule has 4 N–H and O–H groups in total. The minimum Gasteiger partial charge on any atom is -0.496 e. The highest BCUT2D eigenvalue weighted by molar-refractivity contribution is 6.67. The largest absolute Gasteiger partial charge is 0.496 e. The molecule has 162 valence electrons. The summed E-state index contributed by atoms with van der Waals surface area (Å²) >= 11 is 5.48. The molecule has 6 nitrogen and oxygen atoms in total. The second-order valence-electron chi connectivity index (χ2n) is 6.43. The first-order chi connectivity index (χ1) is 13.7. The van der Waals surface area contributed by atoms with Crippen molar-refractivity contribution in [1.82, 2.24) is 5.32 Å². The Hall–Kier alpha value is -2.49. The molecular formula is C22H34ClN3O3. The molecule has 0 atom stereocenters. The molecule has 1 aromatic rings. The number of rotatable bonds is 8. The van der Waals surface area contributed by atoms with Crippen LogP contribution in [0.5, 0.6) is 0 Å². The molecule has 0 unspecified atom stereocenters. The number of carbonyl (C=O) groups is 1. The Labute approximate surface area is 180 Å². The van der Waals surface area contributed by atoms with Crippen LogP contribution in [0.15, 0.2) is 36.1 Å². The number of amides is 1. The van der Waals surface area contributed by atoms with Gasteiger partial charge in [0.25, 0.3) is 0 Å². The molecule has 0 spiro atoms. The maximum absolute atomic E-state index is 11.6. The van der Waals surface area contributed by atoms with Crippen LogP contribution in [-0.2, 0) is 22.4 Å². The van der Waals surface area contributed by atoms with Crippen LogP contribution in [-0.4, -0.2) is 30.0 Å². The van der Waals surface area contributed by atoms with Gasteiger partial charge in [-0.3, -0.25) is 5.41 Å². The van der Waals surface area contributed by atoms with Crippen LogP contribution in [0, 0.1) is 18.3 Å². The second-order valence-corrected chi connectivity index (χ2v) is 6.84. The Morgan fingerprint density at radius 1 is 1.21 bits per heavy atom. The summed E-state index contributed by atoms with van der Waals surface area (Å²) in [5.74, 6) is 0.484. The van der Waals surface area contributed by atoms with E-state index in [-0.39, 0.29) is 11.7 Å². The summed E-state index contributed by atoms with van der Waals surface area (Å²) in [6, 6.07) is 7.84. The van der Waals surface area contributed by atoms with Gasteiger partial charge in [-0.25, -0.2) is 4.79 Å². The summed E-state index contributed by atoms with van der Waals surface area (Å²) in [6.45, 7) is 10.5. The van der Waals surface area contributed by atoms with Crippen LogP contribution in [0.2, 0.25) is 0 Å². The molecule has 29 heavy (non-hydrogen) atoms. The fraction of sp³-hybridized carbons (Fsp3) is 0.455. The van der Waals surface area contributed by atoms with Crippen molar-refractivity contribution in [3.05, 3.63) is 47.2 Å². The highest BCUT2D eigenvalue weighted by Crippen LogP contribution is 2.09. The molecule has 1 rings (SSSR count). The Balaban J connectivity index is 0. The molecule has 0 saturated heterocycles. The molecule has 0 aromatic heterocycles. The third-order valence-corrected chi connectivity index (χ3v) is 3.13. The van der Waals surface area contributed by atoms with Gasteiger partial charge in [-0.15, -0.1) is 12.8 Å². The van der Waals surface area contributed by atoms with E-state index in [1.54, 1.807) is 0 Å². The van der Waals surface area contributed by atoms with Crippen molar-refractivity contribution in [1.29, 1.82) is 5.41 Å². The number of carbonyl (C=O) groups excluding carboxylic acids is 1. The molecule has 0 aliphatic heterocycles. The van der Waals surface area contributed by atoms with Gasteiger partial charge in [0, 0.05) is 19.0 Å². The number of ether oxygens (including phenoxy) is 2. The second kappa shape index (κ2) is 16.5. The Bertz CT molecular complexity index is 648. The maximum atomic E-state index is 11.6. The summed E-state index contributed by atoms with van der Waals surface area (Å²) in [7, 11) is 0. The fourth-order valence-corrected chi connectivity index (χ4v) is 2.03. The lowest BCUT2D eigenvalue weighted by Gasteiger charge is -2.19. The van der Waals surface area contributed by atoms with Crippen LogP contribution in [0.4, 0.5) is 4.79 Å². The van der Waals surface area contributed by atoms with Crippen LogP contribution < -0.4 is 11.1 Å². The highest BCUT2D eigenvalue weighted by Gasteiger charge is 2.15. The predicted octanol–water partition coefficient (Wildman–Crippen LogP) is 4.60. The number of hydrogen-bond donors (Lipinski definition) is 3. The Morgan fingerprint density at radius 3 is 2.17 bits per heavy atom. The summed E-state index contributed by atoms with van der Waals surface area (Å²) in [5, 5.41) is 9.79. The van der Waals surface area contributed by atoms with Gasteiger partial charge >= 0.3 is 6.09 Å². The Morgan fingerprint density at radius 2 is 1.72 bits per heavy atom. The van der Waals surface area contributed by atoms with Crippen LogP contribution in [0.3, 0.4) is 0 Å². The zero-order chi connectivity index (χ0) is 22.9. The summed E-state index contributed by atoms with van der Waals surface area (Å²) < 4.78 is 10.7. The molecule has 0 bridgehead atoms. The molecule has 0 aliphatic carbocycles. The van der Waals surface area contributed by atoms with E-state index in [9.17, 15) is 4.79 Å². The van der Waals surface area contributed by atoms with Gasteiger partial charge in [0.05, 0.1) is 13.2 Å². The Kier molecular flexibility index (Phi) is 16.3. The molecule has 0 saturated carbocycles. The van der Waals surface area contributed by atoms with E-state index in [0.717, 1.165) is 11.1 Å². The molecule has 1 amide bonds. The predicted molar refractivity (Wildman–Crippen MR) is 121 cm³/mol. The van der Waals surface area contributed by atoms with Gasteiger partial charge in [0.1, 0.15) is 16.5 Å². The van der Waals surface area contributed by atoms with Gasteiger partial charge < -0.3 is 20.5 Å². The van der Waals surface area contributed by atoms with Gasteiger partial charge in [-0.05, 0) is 31.9 Å². The summed E-state index contributed by atoms with van der Waals surface area (Å²) in [5.41, 5.74) is 7.09. The molecule has 0 aliphatic rings. The van der Waals surface area contributed by atoms with Crippen molar-refractivity contribution in [3.8, 4) is 12.8 Å². The van der Waals surface area contributed by atoms with Crippen LogP contribution in [0.25, 0.3) is 0 Å². The molecular weight excluding hydrogens is 390 g/mol. The summed E-state index contributed by atoms with van der Waals surface area (Å²) in [6.07, 6.45) is 9.66. The normalized spacial score (nSPS) is 10.4. The molecule has 1 aromatic carbocycles. The number of allylic oxidation sites excluding steroid dienone is 1. The van der Waals surface area contributed by atoms with E-state index in [1.807, 2.05) is 58.9 Å². The number of benzene rings is 1. The fourth-order valence-electron chi connectivity index (χ4n) is 1.91. The van der Waals surface area contributed by atoms with Gasteiger partial charge in [0.15, 0.2) is 0 Å². The molecule has 0 radical (unpaired) electrons. The average Bonchev–Trinajstić information content (AvgIpc) is 2.68. The van der Waals surface area contributed by atoms with Gasteiger partial charge in [-0.2, -0.15) is 0 Å². The van der Waals surface area contributed by atoms with E-state index in [2.05, 4.69) is 18.2 Å². The van der Waals surface area contributed by atoms with Crippen molar-refractivity contribution < 1.29 is 14.3 Å². The zero-order valence-corrected chi connectivity index (χ0v) is 18.8. The lowest BCUT2D eigenvalue weighted by Crippen LogP contribution is -2.32. The van der Waals surface area contributed by atoms with Crippen molar-refractivity contribution in [2.75, 3.05) is 13.2 Å². The van der Waals surface area contributed by atoms with E-state index in [4.69, 9.17) is 32.2 Å². The zero-order valence-electron chi connectivity index (χ0n) is 18.0. The first-order valence-corrected chi connectivity index (χ1v) is 9.73. The average molecular weight is 424 g/mol. The van der Waals surface area contributed by atoms with Gasteiger partial charge in [0.2, 0.25) is 0 Å². The first kappa shape index (κ1) is 28.7. The first-order valence-electron chi connectivity index (χ1n) is 9.35. The number of hydrogen-bond acceptors (Lipinski definition) is 5. The quantitative estimate of drug-likeness (QED) is 0.323. The number of nitrogens with one attached hydrogen (secondary N) is 2.